The van der Waals surface area contributed by atoms with Crippen LogP contribution in [0.3, 0.4) is 0 Å². The third-order valence-corrected chi connectivity index (χ3v) is 4.78. The van der Waals surface area contributed by atoms with Crippen LogP contribution < -0.4 is 4.90 Å². The van der Waals surface area contributed by atoms with E-state index in [0.29, 0.717) is 17.9 Å². The van der Waals surface area contributed by atoms with Gasteiger partial charge in [-0.05, 0) is 47.5 Å². The second-order valence-electron chi connectivity index (χ2n) is 6.39. The van der Waals surface area contributed by atoms with Crippen molar-refractivity contribution in [3.05, 3.63) is 96.6 Å². The van der Waals surface area contributed by atoms with Crippen LogP contribution in [0.25, 0.3) is 21.9 Å². The summed E-state index contributed by atoms with van der Waals surface area (Å²) in [6.07, 6.45) is 0. The van der Waals surface area contributed by atoms with Crippen molar-refractivity contribution in [2.75, 3.05) is 11.4 Å². The summed E-state index contributed by atoms with van der Waals surface area (Å²) in [6, 6.07) is 25.6. The number of rotatable bonds is 4. The molecule has 0 aliphatic heterocycles. The number of anilines is 2. The number of hydrogen-bond acceptors (Lipinski definition) is 1. The largest absolute Gasteiger partial charge is 0.336 e. The van der Waals surface area contributed by atoms with Crippen LogP contribution in [0.4, 0.5) is 20.2 Å². The molecule has 0 heterocycles. The fourth-order valence-electron chi connectivity index (χ4n) is 3.50. The van der Waals surface area contributed by atoms with Gasteiger partial charge in [-0.15, -0.1) is 0 Å². The lowest BCUT2D eigenvalue weighted by atomic mass is 9.98. The second-order valence-corrected chi connectivity index (χ2v) is 6.39. The van der Waals surface area contributed by atoms with Gasteiger partial charge in [0.05, 0.1) is 11.4 Å². The molecule has 0 aliphatic carbocycles. The average Bonchev–Trinajstić information content (AvgIpc) is 2.70. The van der Waals surface area contributed by atoms with Gasteiger partial charge in [0.25, 0.3) is 0 Å². The van der Waals surface area contributed by atoms with Crippen molar-refractivity contribution in [3.63, 3.8) is 0 Å². The molecular formula is C24H19F2N. The van der Waals surface area contributed by atoms with Crippen molar-refractivity contribution in [1.82, 2.24) is 0 Å². The van der Waals surface area contributed by atoms with Crippen LogP contribution in [0.1, 0.15) is 6.92 Å². The number of hydrogen-bond donors (Lipinski definition) is 0. The summed E-state index contributed by atoms with van der Waals surface area (Å²) in [4.78, 5) is 1.69. The molecule has 0 saturated carbocycles. The van der Waals surface area contributed by atoms with E-state index < -0.39 is 0 Å². The molecule has 0 radical (unpaired) electrons. The number of nitrogens with zero attached hydrogens (tertiary/aromatic N) is 1. The summed E-state index contributed by atoms with van der Waals surface area (Å²) in [5.74, 6) is -0.738. The Morgan fingerprint density at radius 1 is 0.704 bits per heavy atom. The molecular weight excluding hydrogens is 340 g/mol. The minimum Gasteiger partial charge on any atom is -0.336 e. The van der Waals surface area contributed by atoms with E-state index in [1.165, 1.54) is 12.1 Å². The van der Waals surface area contributed by atoms with Crippen LogP contribution in [-0.2, 0) is 0 Å². The van der Waals surface area contributed by atoms with E-state index in [-0.39, 0.29) is 11.6 Å². The Labute approximate surface area is 157 Å². The Morgan fingerprint density at radius 3 is 2.19 bits per heavy atom. The van der Waals surface area contributed by atoms with E-state index >= 15 is 0 Å². The van der Waals surface area contributed by atoms with Gasteiger partial charge in [-0.3, -0.25) is 0 Å². The molecule has 0 aromatic heterocycles. The van der Waals surface area contributed by atoms with Gasteiger partial charge in [0.15, 0.2) is 0 Å². The SMILES string of the molecule is CCN(c1ccccc1F)c1c(F)cccc1-c1ccc2ccccc2c1. The molecule has 0 unspecified atom stereocenters. The zero-order valence-corrected chi connectivity index (χ0v) is 15.0. The Hall–Kier alpha value is -3.20. The molecule has 0 fully saturated rings. The molecule has 4 rings (SSSR count). The molecule has 0 aliphatic rings. The van der Waals surface area contributed by atoms with Gasteiger partial charge in [-0.2, -0.15) is 0 Å². The molecule has 0 spiro atoms. The first-order valence-electron chi connectivity index (χ1n) is 8.99. The van der Waals surface area contributed by atoms with Gasteiger partial charge in [-0.25, -0.2) is 8.78 Å². The van der Waals surface area contributed by atoms with E-state index in [4.69, 9.17) is 0 Å². The second kappa shape index (κ2) is 7.20. The van der Waals surface area contributed by atoms with Crippen molar-refractivity contribution in [2.24, 2.45) is 0 Å². The third-order valence-electron chi connectivity index (χ3n) is 4.78. The first-order valence-corrected chi connectivity index (χ1v) is 8.99. The molecule has 0 amide bonds. The standard InChI is InChI=1S/C24H19F2N/c1-2-27(23-13-6-5-11-21(23)25)24-20(10-7-12-22(24)26)19-15-14-17-8-3-4-9-18(17)16-19/h3-16H,2H2,1H3. The molecule has 0 atom stereocenters. The van der Waals surface area contributed by atoms with Crippen LogP contribution in [-0.4, -0.2) is 6.54 Å². The quantitative estimate of drug-likeness (QED) is 0.381. The lowest BCUT2D eigenvalue weighted by molar-refractivity contribution is 0.614. The van der Waals surface area contributed by atoms with Gasteiger partial charge in [-0.1, -0.05) is 60.7 Å². The summed E-state index contributed by atoms with van der Waals surface area (Å²) >= 11 is 0. The summed E-state index contributed by atoms with van der Waals surface area (Å²) in [5.41, 5.74) is 2.40. The zero-order chi connectivity index (χ0) is 18.8. The minimum atomic E-state index is -0.370. The molecule has 0 N–H and O–H groups in total. The van der Waals surface area contributed by atoms with Crippen LogP contribution in [0.15, 0.2) is 84.9 Å². The Balaban J connectivity index is 1.92. The minimum absolute atomic E-state index is 0.368. The van der Waals surface area contributed by atoms with Crippen molar-refractivity contribution in [3.8, 4) is 11.1 Å². The zero-order valence-electron chi connectivity index (χ0n) is 15.0. The summed E-state index contributed by atoms with van der Waals surface area (Å²) < 4.78 is 29.4. The monoisotopic (exact) mass is 359 g/mol. The smallest absolute Gasteiger partial charge is 0.147 e. The lowest BCUT2D eigenvalue weighted by Gasteiger charge is -2.27. The first-order chi connectivity index (χ1) is 13.2. The topological polar surface area (TPSA) is 3.24 Å². The third kappa shape index (κ3) is 3.17. The molecule has 134 valence electrons. The highest BCUT2D eigenvalue weighted by Gasteiger charge is 2.20. The van der Waals surface area contributed by atoms with Crippen molar-refractivity contribution in [1.29, 1.82) is 0 Å². The number of benzene rings is 4. The van der Waals surface area contributed by atoms with E-state index in [1.54, 1.807) is 29.2 Å². The van der Waals surface area contributed by atoms with E-state index in [9.17, 15) is 8.78 Å². The highest BCUT2D eigenvalue weighted by Crippen LogP contribution is 2.38. The van der Waals surface area contributed by atoms with Crippen LogP contribution >= 0.6 is 0 Å². The van der Waals surface area contributed by atoms with Gasteiger partial charge in [0.1, 0.15) is 11.6 Å². The molecule has 0 bridgehead atoms. The Kier molecular flexibility index (Phi) is 4.59. The predicted molar refractivity (Wildman–Crippen MR) is 108 cm³/mol. The molecule has 1 nitrogen and oxygen atoms in total. The maximum atomic E-state index is 14.9. The summed E-state index contributed by atoms with van der Waals surface area (Å²) in [7, 11) is 0. The Bertz CT molecular complexity index is 1100. The van der Waals surface area contributed by atoms with Crippen molar-refractivity contribution in [2.45, 2.75) is 6.92 Å². The van der Waals surface area contributed by atoms with Gasteiger partial charge >= 0.3 is 0 Å². The van der Waals surface area contributed by atoms with E-state index in [1.807, 2.05) is 55.5 Å². The number of para-hydroxylation sites is 2. The van der Waals surface area contributed by atoms with Gasteiger partial charge in [0.2, 0.25) is 0 Å². The summed E-state index contributed by atoms with van der Waals surface area (Å²) in [5, 5.41) is 2.21. The molecule has 4 aromatic carbocycles. The number of fused-ring (bicyclic) bond motifs is 1. The maximum absolute atomic E-state index is 14.9. The Morgan fingerprint density at radius 2 is 1.41 bits per heavy atom. The van der Waals surface area contributed by atoms with Crippen molar-refractivity contribution < 1.29 is 8.78 Å². The molecule has 3 heteroatoms. The normalized spacial score (nSPS) is 10.9. The maximum Gasteiger partial charge on any atom is 0.147 e. The van der Waals surface area contributed by atoms with Gasteiger partial charge < -0.3 is 4.90 Å². The van der Waals surface area contributed by atoms with Gasteiger partial charge in [0, 0.05) is 12.1 Å². The first kappa shape index (κ1) is 17.2. The lowest BCUT2D eigenvalue weighted by Crippen LogP contribution is -2.19. The van der Waals surface area contributed by atoms with Crippen LogP contribution in [0.2, 0.25) is 0 Å². The van der Waals surface area contributed by atoms with E-state index in [0.717, 1.165) is 21.9 Å². The van der Waals surface area contributed by atoms with Crippen molar-refractivity contribution >= 4 is 22.1 Å². The fourth-order valence-corrected chi connectivity index (χ4v) is 3.50. The van der Waals surface area contributed by atoms with Crippen LogP contribution in [0, 0.1) is 11.6 Å². The summed E-state index contributed by atoms with van der Waals surface area (Å²) in [6.45, 7) is 2.34. The highest BCUT2D eigenvalue weighted by atomic mass is 19.1. The van der Waals surface area contributed by atoms with Crippen LogP contribution in [0.5, 0.6) is 0 Å². The average molecular weight is 359 g/mol. The van der Waals surface area contributed by atoms with E-state index in [2.05, 4.69) is 0 Å². The number of halogens is 2. The molecule has 0 saturated heterocycles. The molecule has 27 heavy (non-hydrogen) atoms. The fraction of sp³-hybridized carbons (Fsp3) is 0.0833. The highest BCUT2D eigenvalue weighted by molar-refractivity contribution is 5.91. The molecule has 4 aromatic rings. The predicted octanol–water partition coefficient (Wildman–Crippen LogP) is 6.94.